The average molecular weight is 257 g/mol. The number of likely N-dealkylation sites (tertiary alicyclic amines) is 1. The van der Waals surface area contributed by atoms with Crippen LogP contribution in [0.3, 0.4) is 0 Å². The van der Waals surface area contributed by atoms with E-state index in [9.17, 15) is 14.4 Å². The zero-order valence-corrected chi connectivity index (χ0v) is 10.4. The number of aliphatic carboxylic acids is 1. The van der Waals surface area contributed by atoms with E-state index in [-0.39, 0.29) is 18.6 Å². The van der Waals surface area contributed by atoms with Gasteiger partial charge in [0, 0.05) is 12.6 Å². The number of urea groups is 1. The third-order valence-corrected chi connectivity index (χ3v) is 2.95. The minimum Gasteiger partial charge on any atom is -0.480 e. The van der Waals surface area contributed by atoms with Crippen molar-refractivity contribution < 1.29 is 19.5 Å². The summed E-state index contributed by atoms with van der Waals surface area (Å²) in [5, 5.41) is 13.0. The summed E-state index contributed by atoms with van der Waals surface area (Å²) < 4.78 is 0. The summed E-state index contributed by atoms with van der Waals surface area (Å²) in [7, 11) is 0. The number of hydrogen-bond acceptors (Lipinski definition) is 3. The van der Waals surface area contributed by atoms with Gasteiger partial charge in [0.25, 0.3) is 0 Å². The van der Waals surface area contributed by atoms with Crippen molar-refractivity contribution in [2.45, 2.75) is 32.2 Å². The van der Waals surface area contributed by atoms with Crippen molar-refractivity contribution in [1.82, 2.24) is 15.5 Å². The van der Waals surface area contributed by atoms with Gasteiger partial charge < -0.3 is 20.6 Å². The Morgan fingerprint density at radius 3 is 2.61 bits per heavy atom. The largest absolute Gasteiger partial charge is 0.480 e. The van der Waals surface area contributed by atoms with Gasteiger partial charge in [-0.05, 0) is 19.3 Å². The van der Waals surface area contributed by atoms with Crippen molar-refractivity contribution in [2.75, 3.05) is 19.6 Å². The Labute approximate surface area is 106 Å². The molecule has 0 radical (unpaired) electrons. The standard InChI is InChI=1S/C11H19N3O4/c1-2-8-4-3-5-14(8)11(18)13-6-9(15)12-7-10(16)17/h8H,2-7H2,1H3,(H,12,15)(H,13,18)(H,16,17). The number of carboxylic acid groups (broad SMARTS) is 1. The average Bonchev–Trinajstić information content (AvgIpc) is 2.81. The zero-order chi connectivity index (χ0) is 13.5. The van der Waals surface area contributed by atoms with Gasteiger partial charge in [0.1, 0.15) is 6.54 Å². The maximum Gasteiger partial charge on any atom is 0.322 e. The zero-order valence-electron chi connectivity index (χ0n) is 10.4. The van der Waals surface area contributed by atoms with E-state index in [0.717, 1.165) is 19.3 Å². The summed E-state index contributed by atoms with van der Waals surface area (Å²) in [5.74, 6) is -1.61. The van der Waals surface area contributed by atoms with Crippen molar-refractivity contribution in [3.63, 3.8) is 0 Å². The van der Waals surface area contributed by atoms with Gasteiger partial charge in [0.15, 0.2) is 0 Å². The van der Waals surface area contributed by atoms with Crippen LogP contribution in [0.2, 0.25) is 0 Å². The number of amides is 3. The number of rotatable bonds is 5. The predicted octanol–water partition coefficient (Wildman–Crippen LogP) is -0.229. The molecule has 7 nitrogen and oxygen atoms in total. The molecule has 18 heavy (non-hydrogen) atoms. The molecule has 1 saturated heterocycles. The number of nitrogens with one attached hydrogen (secondary N) is 2. The molecule has 3 N–H and O–H groups in total. The lowest BCUT2D eigenvalue weighted by molar-refractivity contribution is -0.137. The Kier molecular flexibility index (Phi) is 5.41. The van der Waals surface area contributed by atoms with Crippen LogP contribution in [0, 0.1) is 0 Å². The van der Waals surface area contributed by atoms with Crippen molar-refractivity contribution in [3.05, 3.63) is 0 Å². The summed E-state index contributed by atoms with van der Waals surface area (Å²) in [6.07, 6.45) is 2.88. The third-order valence-electron chi connectivity index (χ3n) is 2.95. The van der Waals surface area contributed by atoms with Crippen molar-refractivity contribution in [2.24, 2.45) is 0 Å². The lowest BCUT2D eigenvalue weighted by atomic mass is 10.2. The van der Waals surface area contributed by atoms with Gasteiger partial charge in [-0.1, -0.05) is 6.92 Å². The summed E-state index contributed by atoms with van der Waals surface area (Å²) in [6, 6.07) is -0.0168. The fourth-order valence-electron chi connectivity index (χ4n) is 2.02. The molecule has 0 aromatic rings. The molecule has 1 unspecified atom stereocenters. The molecule has 1 fully saturated rings. The molecule has 0 aliphatic carbocycles. The first-order valence-corrected chi connectivity index (χ1v) is 6.07. The Bertz CT molecular complexity index is 332. The van der Waals surface area contributed by atoms with E-state index in [1.165, 1.54) is 0 Å². The summed E-state index contributed by atoms with van der Waals surface area (Å²) in [6.45, 7) is 2.10. The van der Waals surface area contributed by atoms with E-state index < -0.39 is 18.4 Å². The molecule has 0 aromatic heterocycles. The number of carbonyl (C=O) groups excluding carboxylic acids is 2. The molecule has 1 aliphatic rings. The summed E-state index contributed by atoms with van der Waals surface area (Å²) >= 11 is 0. The van der Waals surface area contributed by atoms with Crippen LogP contribution in [0.1, 0.15) is 26.2 Å². The molecule has 0 spiro atoms. The van der Waals surface area contributed by atoms with Gasteiger partial charge in [-0.15, -0.1) is 0 Å². The van der Waals surface area contributed by atoms with Crippen molar-refractivity contribution in [1.29, 1.82) is 0 Å². The highest BCUT2D eigenvalue weighted by Crippen LogP contribution is 2.19. The summed E-state index contributed by atoms with van der Waals surface area (Å²) in [5.41, 5.74) is 0. The van der Waals surface area contributed by atoms with Gasteiger partial charge in [-0.25, -0.2) is 4.79 Å². The fourth-order valence-corrected chi connectivity index (χ4v) is 2.02. The molecule has 0 bridgehead atoms. The molecule has 3 amide bonds. The van der Waals surface area contributed by atoms with Gasteiger partial charge in [0.05, 0.1) is 6.54 Å². The van der Waals surface area contributed by atoms with Gasteiger partial charge in [-0.2, -0.15) is 0 Å². The van der Waals surface area contributed by atoms with Gasteiger partial charge in [-0.3, -0.25) is 9.59 Å². The van der Waals surface area contributed by atoms with Crippen LogP contribution in [-0.4, -0.2) is 53.6 Å². The second-order valence-electron chi connectivity index (χ2n) is 4.23. The second kappa shape index (κ2) is 6.83. The molecule has 1 rings (SSSR count). The SMILES string of the molecule is CCC1CCCN1C(=O)NCC(=O)NCC(=O)O. The molecule has 0 saturated carbocycles. The molecule has 102 valence electrons. The maximum atomic E-state index is 11.8. The fraction of sp³-hybridized carbons (Fsp3) is 0.727. The number of carboxylic acids is 1. The lowest BCUT2D eigenvalue weighted by Gasteiger charge is -2.23. The smallest absolute Gasteiger partial charge is 0.322 e. The molecule has 1 atom stereocenters. The first kappa shape index (κ1) is 14.3. The van der Waals surface area contributed by atoms with E-state index >= 15 is 0 Å². The lowest BCUT2D eigenvalue weighted by Crippen LogP contribution is -2.46. The van der Waals surface area contributed by atoms with Crippen LogP contribution >= 0.6 is 0 Å². The third kappa shape index (κ3) is 4.23. The highest BCUT2D eigenvalue weighted by atomic mass is 16.4. The molecule has 1 heterocycles. The van der Waals surface area contributed by atoms with Crippen LogP contribution in [0.4, 0.5) is 4.79 Å². The van der Waals surface area contributed by atoms with Crippen molar-refractivity contribution in [3.8, 4) is 0 Å². The number of hydrogen-bond donors (Lipinski definition) is 3. The number of nitrogens with zero attached hydrogens (tertiary/aromatic N) is 1. The van der Waals surface area contributed by atoms with Gasteiger partial charge >= 0.3 is 12.0 Å². The van der Waals surface area contributed by atoms with Crippen molar-refractivity contribution >= 4 is 17.9 Å². The quantitative estimate of drug-likeness (QED) is 0.633. The topological polar surface area (TPSA) is 98.7 Å². The minimum atomic E-state index is -1.11. The van der Waals surface area contributed by atoms with Crippen LogP contribution in [0.15, 0.2) is 0 Å². The molecule has 1 aliphatic heterocycles. The molecule has 7 heteroatoms. The van der Waals surface area contributed by atoms with Crippen LogP contribution in [-0.2, 0) is 9.59 Å². The Morgan fingerprint density at radius 2 is 2.00 bits per heavy atom. The Hall–Kier alpha value is -1.79. The Balaban J connectivity index is 2.28. The highest BCUT2D eigenvalue weighted by Gasteiger charge is 2.27. The first-order valence-electron chi connectivity index (χ1n) is 6.07. The maximum absolute atomic E-state index is 11.8. The van der Waals surface area contributed by atoms with E-state index in [1.54, 1.807) is 4.90 Å². The molecular weight excluding hydrogens is 238 g/mol. The normalized spacial score (nSPS) is 18.5. The van der Waals surface area contributed by atoms with E-state index in [0.29, 0.717) is 6.54 Å². The van der Waals surface area contributed by atoms with Crippen LogP contribution in [0.5, 0.6) is 0 Å². The predicted molar refractivity (Wildman–Crippen MR) is 64.1 cm³/mol. The summed E-state index contributed by atoms with van der Waals surface area (Å²) in [4.78, 5) is 34.9. The van der Waals surface area contributed by atoms with E-state index in [4.69, 9.17) is 5.11 Å². The van der Waals surface area contributed by atoms with Crippen LogP contribution < -0.4 is 10.6 Å². The van der Waals surface area contributed by atoms with E-state index in [1.807, 2.05) is 6.92 Å². The molecular formula is C11H19N3O4. The molecule has 0 aromatic carbocycles. The van der Waals surface area contributed by atoms with E-state index in [2.05, 4.69) is 10.6 Å². The first-order chi connectivity index (χ1) is 8.54. The van der Waals surface area contributed by atoms with Crippen LogP contribution in [0.25, 0.3) is 0 Å². The highest BCUT2D eigenvalue weighted by molar-refractivity contribution is 5.86. The monoisotopic (exact) mass is 257 g/mol. The Morgan fingerprint density at radius 1 is 1.28 bits per heavy atom. The number of carbonyl (C=O) groups is 3. The minimum absolute atomic E-state index is 0.195. The van der Waals surface area contributed by atoms with Gasteiger partial charge in [0.2, 0.25) is 5.91 Å². The second-order valence-corrected chi connectivity index (χ2v) is 4.23.